The van der Waals surface area contributed by atoms with Crippen molar-refractivity contribution in [3.8, 4) is 0 Å². The Hall–Kier alpha value is -0.670. The van der Waals surface area contributed by atoms with E-state index in [0.29, 0.717) is 5.92 Å². The monoisotopic (exact) mass is 322 g/mol. The van der Waals surface area contributed by atoms with Gasteiger partial charge in [0.2, 0.25) is 0 Å². The van der Waals surface area contributed by atoms with Crippen LogP contribution in [-0.4, -0.2) is 18.5 Å². The minimum Gasteiger partial charge on any atom is -0.370 e. The number of ether oxygens (including phenoxy) is 1. The predicted molar refractivity (Wildman–Crippen MR) is 79.0 cm³/mol. The van der Waals surface area contributed by atoms with Gasteiger partial charge < -0.3 is 4.74 Å². The molecule has 0 amide bonds. The fourth-order valence-corrected chi connectivity index (χ4v) is 4.86. The van der Waals surface area contributed by atoms with Crippen LogP contribution in [0, 0.1) is 17.8 Å². The fraction of sp³-hybridized carbons (Fsp3) is 0.562. The number of rotatable bonds is 2. The SMILES string of the molecule is CO[C@@]1(C)C(=O)C2C=C(Br)C1C(C1=CCCC=C1)C2. The summed E-state index contributed by atoms with van der Waals surface area (Å²) in [5.41, 5.74) is 0.690. The van der Waals surface area contributed by atoms with E-state index in [0.717, 1.165) is 23.7 Å². The van der Waals surface area contributed by atoms with Crippen LogP contribution in [-0.2, 0) is 9.53 Å². The van der Waals surface area contributed by atoms with Gasteiger partial charge in [0.1, 0.15) is 5.60 Å². The van der Waals surface area contributed by atoms with Crippen LogP contribution in [0.5, 0.6) is 0 Å². The van der Waals surface area contributed by atoms with E-state index in [4.69, 9.17) is 4.74 Å². The summed E-state index contributed by atoms with van der Waals surface area (Å²) in [7, 11) is 1.65. The first-order valence-electron chi connectivity index (χ1n) is 6.91. The molecule has 0 saturated heterocycles. The summed E-state index contributed by atoms with van der Waals surface area (Å²) in [4.78, 5) is 12.5. The lowest BCUT2D eigenvalue weighted by Gasteiger charge is -2.50. The van der Waals surface area contributed by atoms with Gasteiger partial charge in [-0.1, -0.05) is 40.2 Å². The molecule has 0 spiro atoms. The van der Waals surface area contributed by atoms with Crippen LogP contribution in [0.25, 0.3) is 0 Å². The van der Waals surface area contributed by atoms with Crippen molar-refractivity contribution >= 4 is 21.7 Å². The van der Waals surface area contributed by atoms with E-state index in [2.05, 4.69) is 40.2 Å². The van der Waals surface area contributed by atoms with Crippen LogP contribution in [0.1, 0.15) is 26.2 Å². The molecule has 0 N–H and O–H groups in total. The molecule has 3 unspecified atom stereocenters. The van der Waals surface area contributed by atoms with Gasteiger partial charge in [0.15, 0.2) is 5.78 Å². The van der Waals surface area contributed by atoms with E-state index >= 15 is 0 Å². The molecule has 0 heterocycles. The number of carbonyl (C=O) groups excluding carboxylic acids is 1. The molecule has 0 aromatic rings. The van der Waals surface area contributed by atoms with Crippen molar-refractivity contribution in [1.29, 1.82) is 0 Å². The Morgan fingerprint density at radius 1 is 1.42 bits per heavy atom. The molecule has 4 rings (SSSR count). The molecule has 0 radical (unpaired) electrons. The van der Waals surface area contributed by atoms with Crippen molar-refractivity contribution in [3.05, 3.63) is 34.4 Å². The van der Waals surface area contributed by atoms with Gasteiger partial charge in [0.25, 0.3) is 0 Å². The fourth-order valence-electron chi connectivity index (χ4n) is 3.78. The first kappa shape index (κ1) is 13.3. The number of carbonyl (C=O) groups is 1. The molecule has 4 atom stereocenters. The average Bonchev–Trinajstić information content (AvgIpc) is 2.44. The topological polar surface area (TPSA) is 26.3 Å². The van der Waals surface area contributed by atoms with Crippen LogP contribution < -0.4 is 0 Å². The number of Topliss-reactive ketones (excluding diaryl/α,β-unsaturated/α-hetero) is 1. The normalized spacial score (nSPS) is 41.2. The molecule has 1 saturated carbocycles. The van der Waals surface area contributed by atoms with E-state index in [-0.39, 0.29) is 17.6 Å². The third-order valence-corrected chi connectivity index (χ3v) is 5.62. The molecule has 1 fully saturated rings. The molecule has 102 valence electrons. The smallest absolute Gasteiger partial charge is 0.171 e. The van der Waals surface area contributed by atoms with Gasteiger partial charge in [0.05, 0.1) is 0 Å². The molecule has 19 heavy (non-hydrogen) atoms. The summed E-state index contributed by atoms with van der Waals surface area (Å²) in [6.07, 6.45) is 12.0. The van der Waals surface area contributed by atoms with Crippen molar-refractivity contribution < 1.29 is 9.53 Å². The lowest BCUT2D eigenvalue weighted by molar-refractivity contribution is -0.156. The highest BCUT2D eigenvalue weighted by atomic mass is 79.9. The molecule has 0 aromatic heterocycles. The molecule has 4 aliphatic carbocycles. The first-order valence-corrected chi connectivity index (χ1v) is 7.70. The van der Waals surface area contributed by atoms with E-state index in [9.17, 15) is 4.79 Å². The zero-order valence-electron chi connectivity index (χ0n) is 11.4. The molecule has 2 bridgehead atoms. The van der Waals surface area contributed by atoms with E-state index in [1.54, 1.807) is 7.11 Å². The standard InChI is InChI=1S/C16H19BrO2/c1-16(19-2)14-12(10-6-4-3-5-7-10)8-11(15(16)18)9-13(14)17/h4,6-7,9,11-12,14H,3,5,8H2,1-2H3/t11?,12?,14?,16-/m1/s1. The summed E-state index contributed by atoms with van der Waals surface area (Å²) < 4.78 is 6.78. The third-order valence-electron chi connectivity index (χ3n) is 4.86. The Kier molecular flexibility index (Phi) is 3.30. The molecule has 0 aliphatic heterocycles. The first-order chi connectivity index (χ1) is 9.08. The Labute approximate surface area is 122 Å². The van der Waals surface area contributed by atoms with Crippen molar-refractivity contribution in [2.75, 3.05) is 7.11 Å². The lowest BCUT2D eigenvalue weighted by atomic mass is 9.58. The number of hydrogen-bond donors (Lipinski definition) is 0. The predicted octanol–water partition coefficient (Wildman–Crippen LogP) is 3.78. The third kappa shape index (κ3) is 1.90. The zero-order valence-corrected chi connectivity index (χ0v) is 12.9. The maximum absolute atomic E-state index is 12.5. The highest BCUT2D eigenvalue weighted by Gasteiger charge is 2.56. The number of methoxy groups -OCH3 is 1. The van der Waals surface area contributed by atoms with Gasteiger partial charge in [-0.2, -0.15) is 0 Å². The maximum atomic E-state index is 12.5. The van der Waals surface area contributed by atoms with Crippen LogP contribution in [0.15, 0.2) is 34.4 Å². The van der Waals surface area contributed by atoms with Gasteiger partial charge in [0, 0.05) is 18.9 Å². The Morgan fingerprint density at radius 2 is 2.21 bits per heavy atom. The largest absolute Gasteiger partial charge is 0.370 e. The van der Waals surface area contributed by atoms with Crippen molar-refractivity contribution in [2.24, 2.45) is 17.8 Å². The Morgan fingerprint density at radius 3 is 2.84 bits per heavy atom. The second-order valence-electron chi connectivity index (χ2n) is 5.84. The van der Waals surface area contributed by atoms with Crippen LogP contribution >= 0.6 is 15.9 Å². The number of allylic oxidation sites excluding steroid dienone is 5. The maximum Gasteiger partial charge on any atom is 0.171 e. The second kappa shape index (κ2) is 4.71. The van der Waals surface area contributed by atoms with Crippen LogP contribution in [0.2, 0.25) is 0 Å². The lowest BCUT2D eigenvalue weighted by Crippen LogP contribution is -2.57. The Balaban J connectivity index is 2.02. The molecule has 3 heteroatoms. The van der Waals surface area contributed by atoms with Gasteiger partial charge in [-0.05, 0) is 42.2 Å². The second-order valence-corrected chi connectivity index (χ2v) is 6.75. The van der Waals surface area contributed by atoms with E-state index in [1.807, 2.05) is 6.92 Å². The van der Waals surface area contributed by atoms with E-state index < -0.39 is 5.60 Å². The van der Waals surface area contributed by atoms with E-state index in [1.165, 1.54) is 5.57 Å². The van der Waals surface area contributed by atoms with Gasteiger partial charge >= 0.3 is 0 Å². The Bertz CT molecular complexity index is 503. The van der Waals surface area contributed by atoms with Gasteiger partial charge in [-0.25, -0.2) is 0 Å². The molecular formula is C16H19BrO2. The highest BCUT2D eigenvalue weighted by Crippen LogP contribution is 2.53. The number of ketones is 1. The van der Waals surface area contributed by atoms with Gasteiger partial charge in [-0.15, -0.1) is 0 Å². The number of halogens is 1. The van der Waals surface area contributed by atoms with Crippen molar-refractivity contribution in [1.82, 2.24) is 0 Å². The molecular weight excluding hydrogens is 304 g/mol. The van der Waals surface area contributed by atoms with Crippen LogP contribution in [0.3, 0.4) is 0 Å². The van der Waals surface area contributed by atoms with Crippen LogP contribution in [0.4, 0.5) is 0 Å². The zero-order chi connectivity index (χ0) is 13.6. The minimum absolute atomic E-state index is 0.00875. The van der Waals surface area contributed by atoms with Crippen molar-refractivity contribution in [3.63, 3.8) is 0 Å². The van der Waals surface area contributed by atoms with Gasteiger partial charge in [-0.3, -0.25) is 4.79 Å². The summed E-state index contributed by atoms with van der Waals surface area (Å²) in [6.45, 7) is 1.94. The summed E-state index contributed by atoms with van der Waals surface area (Å²) in [5.74, 6) is 0.734. The number of hydrogen-bond acceptors (Lipinski definition) is 2. The summed E-state index contributed by atoms with van der Waals surface area (Å²) in [6, 6.07) is 0. The highest BCUT2D eigenvalue weighted by molar-refractivity contribution is 9.11. The quantitative estimate of drug-likeness (QED) is 0.773. The molecule has 4 aliphatic rings. The average molecular weight is 323 g/mol. The molecule has 2 nitrogen and oxygen atoms in total. The van der Waals surface area contributed by atoms with Crippen molar-refractivity contribution in [2.45, 2.75) is 31.8 Å². The number of fused-ring (bicyclic) bond motifs is 2. The minimum atomic E-state index is -0.687. The molecule has 0 aromatic carbocycles. The summed E-state index contributed by atoms with van der Waals surface area (Å²) in [5, 5.41) is 0. The summed E-state index contributed by atoms with van der Waals surface area (Å²) >= 11 is 3.67.